The molecule has 0 amide bonds. The fraction of sp³-hybridized carbons (Fsp3) is 0.913. The summed E-state index contributed by atoms with van der Waals surface area (Å²) in [5, 5.41) is 20.3. The van der Waals surface area contributed by atoms with Gasteiger partial charge in [0.15, 0.2) is 0 Å². The molecule has 0 heterocycles. The molecule has 0 rings (SSSR count). The van der Waals surface area contributed by atoms with Crippen LogP contribution >= 0.6 is 0 Å². The monoisotopic (exact) mass is 416 g/mol. The predicted molar refractivity (Wildman–Crippen MR) is 114 cm³/mol. The highest BCUT2D eigenvalue weighted by atomic mass is 16.5. The highest BCUT2D eigenvalue weighted by molar-refractivity contribution is 5.70. The van der Waals surface area contributed by atoms with E-state index >= 15 is 0 Å². The first kappa shape index (κ1) is 27.9. The molecule has 0 saturated carbocycles. The van der Waals surface area contributed by atoms with Crippen LogP contribution in [0.25, 0.3) is 0 Å². The van der Waals surface area contributed by atoms with E-state index in [1.807, 2.05) is 27.7 Å². The Morgan fingerprint density at radius 2 is 1.00 bits per heavy atom. The summed E-state index contributed by atoms with van der Waals surface area (Å²) in [6.07, 6.45) is 7.09. The summed E-state index contributed by atoms with van der Waals surface area (Å²) < 4.78 is 9.45. The number of hydrogen-bond donors (Lipinski definition) is 2. The van der Waals surface area contributed by atoms with Gasteiger partial charge in [-0.2, -0.15) is 0 Å². The molecule has 0 aliphatic carbocycles. The maximum Gasteiger partial charge on any atom is 0.306 e. The lowest BCUT2D eigenvalue weighted by atomic mass is 9.83. The van der Waals surface area contributed by atoms with Crippen LogP contribution in [0.1, 0.15) is 98.3 Å². The van der Waals surface area contributed by atoms with Crippen LogP contribution in [-0.2, 0) is 19.1 Å². The van der Waals surface area contributed by atoms with Gasteiger partial charge in [0.25, 0.3) is 0 Å². The Hall–Kier alpha value is -1.14. The molecule has 0 saturated heterocycles. The van der Waals surface area contributed by atoms with Crippen molar-refractivity contribution in [2.24, 2.45) is 10.8 Å². The van der Waals surface area contributed by atoms with Gasteiger partial charge >= 0.3 is 11.9 Å². The van der Waals surface area contributed by atoms with Crippen molar-refractivity contribution >= 4 is 11.9 Å². The summed E-state index contributed by atoms with van der Waals surface area (Å²) in [4.78, 5) is 22.8. The Morgan fingerprint density at radius 1 is 0.690 bits per heavy atom. The zero-order valence-electron chi connectivity index (χ0n) is 19.5. The van der Waals surface area contributed by atoms with Gasteiger partial charge < -0.3 is 19.7 Å². The molecule has 172 valence electrons. The van der Waals surface area contributed by atoms with Crippen molar-refractivity contribution in [3.8, 4) is 0 Å². The standard InChI is InChI=1S/C23H44O6/c1-22(2,16-20(26)28-5)14-8-12-18(24)10-7-11-19(25)13-9-15-23(3,4)17-21(27)29-6/h18-19,24-25H,7-17H2,1-6H3. The molecule has 0 bridgehead atoms. The molecule has 0 aromatic heterocycles. The van der Waals surface area contributed by atoms with Crippen molar-refractivity contribution in [1.82, 2.24) is 0 Å². The lowest BCUT2D eigenvalue weighted by Gasteiger charge is -2.24. The van der Waals surface area contributed by atoms with Crippen molar-refractivity contribution in [1.29, 1.82) is 0 Å². The minimum atomic E-state index is -0.366. The van der Waals surface area contributed by atoms with Gasteiger partial charge in [0, 0.05) is 0 Å². The topological polar surface area (TPSA) is 93.1 Å². The maximum atomic E-state index is 11.4. The van der Waals surface area contributed by atoms with Gasteiger partial charge in [0.2, 0.25) is 0 Å². The van der Waals surface area contributed by atoms with E-state index in [1.165, 1.54) is 14.2 Å². The van der Waals surface area contributed by atoms with Crippen molar-refractivity contribution in [3.63, 3.8) is 0 Å². The van der Waals surface area contributed by atoms with Gasteiger partial charge in [0.05, 0.1) is 39.3 Å². The number of methoxy groups -OCH3 is 2. The van der Waals surface area contributed by atoms with E-state index in [0.717, 1.165) is 32.1 Å². The highest BCUT2D eigenvalue weighted by Gasteiger charge is 2.23. The van der Waals surface area contributed by atoms with Crippen LogP contribution in [0, 0.1) is 10.8 Å². The fourth-order valence-corrected chi connectivity index (χ4v) is 3.61. The number of carbonyl (C=O) groups excluding carboxylic acids is 2. The Bertz CT molecular complexity index is 430. The maximum absolute atomic E-state index is 11.4. The average Bonchev–Trinajstić information content (AvgIpc) is 2.60. The molecule has 2 N–H and O–H groups in total. The molecule has 29 heavy (non-hydrogen) atoms. The number of hydrogen-bond acceptors (Lipinski definition) is 6. The quantitative estimate of drug-likeness (QED) is 0.362. The van der Waals surface area contributed by atoms with E-state index in [2.05, 4.69) is 0 Å². The fourth-order valence-electron chi connectivity index (χ4n) is 3.61. The van der Waals surface area contributed by atoms with Crippen molar-refractivity contribution in [3.05, 3.63) is 0 Å². The van der Waals surface area contributed by atoms with Crippen LogP contribution in [0.3, 0.4) is 0 Å². The molecule has 0 aliphatic rings. The summed E-state index contributed by atoms with van der Waals surface area (Å²) in [7, 11) is 2.81. The van der Waals surface area contributed by atoms with Gasteiger partial charge in [-0.15, -0.1) is 0 Å². The first-order valence-electron chi connectivity index (χ1n) is 10.9. The molecular weight excluding hydrogens is 372 g/mol. The first-order valence-corrected chi connectivity index (χ1v) is 10.9. The number of carbonyl (C=O) groups is 2. The molecule has 0 fully saturated rings. The molecule has 2 atom stereocenters. The van der Waals surface area contributed by atoms with Gasteiger partial charge in [-0.1, -0.05) is 40.5 Å². The third-order valence-electron chi connectivity index (χ3n) is 5.56. The van der Waals surface area contributed by atoms with Gasteiger partial charge in [0.1, 0.15) is 0 Å². The molecule has 0 spiro atoms. The number of esters is 2. The van der Waals surface area contributed by atoms with Crippen LogP contribution in [-0.4, -0.2) is 48.6 Å². The summed E-state index contributed by atoms with van der Waals surface area (Å²) in [5.74, 6) is -0.392. The third-order valence-corrected chi connectivity index (χ3v) is 5.56. The Morgan fingerprint density at radius 3 is 1.31 bits per heavy atom. The molecule has 6 nitrogen and oxygen atoms in total. The van der Waals surface area contributed by atoms with Crippen LogP contribution in [0.5, 0.6) is 0 Å². The zero-order chi connectivity index (χ0) is 22.5. The van der Waals surface area contributed by atoms with Gasteiger partial charge in [-0.3, -0.25) is 9.59 Å². The van der Waals surface area contributed by atoms with Crippen LogP contribution in [0.4, 0.5) is 0 Å². The van der Waals surface area contributed by atoms with E-state index in [-0.39, 0.29) is 35.0 Å². The minimum Gasteiger partial charge on any atom is -0.469 e. The average molecular weight is 417 g/mol. The van der Waals surface area contributed by atoms with Gasteiger partial charge in [-0.25, -0.2) is 0 Å². The molecule has 0 radical (unpaired) electrons. The molecular formula is C23H44O6. The summed E-state index contributed by atoms with van der Waals surface area (Å²) in [5.41, 5.74) is -0.241. The largest absolute Gasteiger partial charge is 0.469 e. The molecule has 2 unspecified atom stereocenters. The van der Waals surface area contributed by atoms with Crippen LogP contribution < -0.4 is 0 Å². The normalized spacial score (nSPS) is 14.3. The number of aliphatic hydroxyl groups excluding tert-OH is 2. The zero-order valence-corrected chi connectivity index (χ0v) is 19.5. The van der Waals surface area contributed by atoms with E-state index in [0.29, 0.717) is 38.5 Å². The minimum absolute atomic E-state index is 0.120. The highest BCUT2D eigenvalue weighted by Crippen LogP contribution is 2.29. The van der Waals surface area contributed by atoms with Crippen LogP contribution in [0.15, 0.2) is 0 Å². The molecule has 0 aliphatic heterocycles. The number of ether oxygens (including phenoxy) is 2. The third kappa shape index (κ3) is 15.4. The predicted octanol–water partition coefficient (Wildman–Crippen LogP) is 4.40. The SMILES string of the molecule is COC(=O)CC(C)(C)CCCC(O)CCCC(O)CCCC(C)(C)CC(=O)OC. The second kappa shape index (κ2) is 14.0. The van der Waals surface area contributed by atoms with Crippen LogP contribution in [0.2, 0.25) is 0 Å². The molecule has 6 heteroatoms. The molecule has 0 aromatic rings. The summed E-state index contributed by atoms with van der Waals surface area (Å²) >= 11 is 0. The van der Waals surface area contributed by atoms with Crippen molar-refractivity contribution in [2.45, 2.75) is 111 Å². The van der Waals surface area contributed by atoms with E-state index < -0.39 is 0 Å². The number of rotatable bonds is 16. The Labute approximate surface area is 177 Å². The second-order valence-corrected chi connectivity index (χ2v) is 9.86. The van der Waals surface area contributed by atoms with Crippen molar-refractivity contribution in [2.75, 3.05) is 14.2 Å². The summed E-state index contributed by atoms with van der Waals surface area (Å²) in [6.45, 7) is 8.16. The Kier molecular flexibility index (Phi) is 13.4. The van der Waals surface area contributed by atoms with E-state index in [9.17, 15) is 19.8 Å². The summed E-state index contributed by atoms with van der Waals surface area (Å²) in [6, 6.07) is 0. The lowest BCUT2D eigenvalue weighted by Crippen LogP contribution is -2.19. The van der Waals surface area contributed by atoms with Gasteiger partial charge in [-0.05, 0) is 55.8 Å². The van der Waals surface area contributed by atoms with E-state index in [4.69, 9.17) is 9.47 Å². The Balaban J connectivity index is 3.89. The molecule has 0 aromatic carbocycles. The van der Waals surface area contributed by atoms with E-state index in [1.54, 1.807) is 0 Å². The second-order valence-electron chi connectivity index (χ2n) is 9.86. The smallest absolute Gasteiger partial charge is 0.306 e. The first-order chi connectivity index (χ1) is 13.4. The number of aliphatic hydroxyl groups is 2. The van der Waals surface area contributed by atoms with Crippen molar-refractivity contribution < 1.29 is 29.3 Å². The lowest BCUT2D eigenvalue weighted by molar-refractivity contribution is -0.144.